The van der Waals surface area contributed by atoms with E-state index in [1.165, 1.54) is 48.1 Å². The van der Waals surface area contributed by atoms with Gasteiger partial charge in [0.05, 0.1) is 50.3 Å². The molecule has 1 unspecified atom stereocenters. The number of carbonyl (C=O) groups is 4. The fourth-order valence-corrected chi connectivity index (χ4v) is 17.1. The number of carbonyl (C=O) groups excluding carboxylic acids is 3. The van der Waals surface area contributed by atoms with Gasteiger partial charge >= 0.3 is 17.1 Å². The number of ether oxygens (including phenoxy) is 1. The zero-order valence-electron chi connectivity index (χ0n) is 43.2. The molecule has 1 aromatic heterocycles. The van der Waals surface area contributed by atoms with Crippen molar-refractivity contribution < 1.29 is 50.3 Å². The Morgan fingerprint density at radius 2 is 1.42 bits per heavy atom. The highest BCUT2D eigenvalue weighted by atomic mass is 32.2. The summed E-state index contributed by atoms with van der Waals surface area (Å²) in [5.41, 5.74) is 10.00. The molecule has 2 N–H and O–H groups in total. The van der Waals surface area contributed by atoms with Crippen molar-refractivity contribution >= 4 is 100 Å². The molecular formula is C59H53N6O11S3+. The van der Waals surface area contributed by atoms with Crippen molar-refractivity contribution in [2.75, 3.05) is 42.3 Å². The smallest absolute Gasteiger partial charge is 0.363 e. The number of para-hydroxylation sites is 2. The summed E-state index contributed by atoms with van der Waals surface area (Å²) in [7, 11) is -6.47. The highest BCUT2D eigenvalue weighted by molar-refractivity contribution is 8.00. The number of aliphatic carboxylic acids is 1. The molecule has 13 rings (SSSR count). The summed E-state index contributed by atoms with van der Waals surface area (Å²) in [6.45, 7) is 4.23. The first-order chi connectivity index (χ1) is 37.9. The number of nitrogens with one attached hydrogen (secondary N) is 1. The van der Waals surface area contributed by atoms with E-state index in [0.29, 0.717) is 33.6 Å². The van der Waals surface area contributed by atoms with Crippen LogP contribution in [0.15, 0.2) is 154 Å². The second-order valence-electron chi connectivity index (χ2n) is 21.3. The highest BCUT2D eigenvalue weighted by Gasteiger charge is 2.68. The van der Waals surface area contributed by atoms with Gasteiger partial charge < -0.3 is 29.9 Å². The van der Waals surface area contributed by atoms with Crippen molar-refractivity contribution in [3.05, 3.63) is 161 Å². The van der Waals surface area contributed by atoms with Gasteiger partial charge in [-0.2, -0.15) is 4.31 Å². The molecule has 0 bridgehead atoms. The fraction of sp³-hybridized carbons (Fsp3) is 0.271. The van der Waals surface area contributed by atoms with Crippen molar-refractivity contribution in [1.82, 2.24) is 19.4 Å². The Morgan fingerprint density at radius 1 is 0.823 bits per heavy atom. The summed E-state index contributed by atoms with van der Waals surface area (Å²) in [4.78, 5) is 59.1. The number of rotatable bonds is 13. The van der Waals surface area contributed by atoms with Gasteiger partial charge in [-0.3, -0.25) is 19.3 Å². The molecule has 20 heteroatoms. The zero-order chi connectivity index (χ0) is 54.9. The molecule has 6 aromatic carbocycles. The van der Waals surface area contributed by atoms with Crippen LogP contribution in [0.2, 0.25) is 0 Å². The standard InChI is InChI=1S/C59H52N6O11S3/c1-59(2)54(64-49(66)30-50(64)78(59,71)72)55(67)60-52-56(68)65-53(58(69)70)37(33-77-57(52)65)32-75-40-20-16-34(17-21-40)31-61(3)79(73,74)48-15-9-6-12-43(48)51-41-22-18-38(62-26-24-35-10-4-7-13-44(35)62)28-46(41)76-47-29-39(19-23-42(47)51)63-27-25-36-11-5-8-14-45(36)63/h4-23,28-29,50,52,54,57H,24-27,30-33H2,1-3H3,(H-,60,67,69,70)/p+1/t50-,52-,54+,57?/m1/s1. The number of hydrogen-bond acceptors (Lipinski definition) is 12. The number of hydrogen-bond donors (Lipinski definition) is 2. The first kappa shape index (κ1) is 50.7. The summed E-state index contributed by atoms with van der Waals surface area (Å²) in [6.07, 6.45) is 1.63. The number of nitrogens with zero attached hydrogens (tertiary/aromatic N) is 5. The minimum absolute atomic E-state index is 0.00794. The number of carboxylic acids is 1. The Bertz CT molecular complexity index is 3940. The van der Waals surface area contributed by atoms with Crippen LogP contribution < -0.4 is 19.9 Å². The average molecular weight is 1120 g/mol. The second-order valence-corrected chi connectivity index (χ2v) is 27.1. The van der Waals surface area contributed by atoms with Gasteiger partial charge in [0, 0.05) is 60.5 Å². The van der Waals surface area contributed by atoms with Gasteiger partial charge in [-0.05, 0) is 98.0 Å². The topological polar surface area (TPSA) is 206 Å². The first-order valence-electron chi connectivity index (χ1n) is 26.0. The maximum Gasteiger partial charge on any atom is 0.363 e. The number of fused-ring (bicyclic) bond motifs is 6. The quantitative estimate of drug-likeness (QED) is 0.0638. The Morgan fingerprint density at radius 3 is 2.03 bits per heavy atom. The number of sulfonamides is 1. The number of thioether (sulfide) groups is 1. The molecule has 0 aliphatic carbocycles. The van der Waals surface area contributed by atoms with Crippen LogP contribution in [0.3, 0.4) is 0 Å². The van der Waals surface area contributed by atoms with E-state index < -0.39 is 71.1 Å². The van der Waals surface area contributed by atoms with Crippen molar-refractivity contribution in [1.29, 1.82) is 0 Å². The van der Waals surface area contributed by atoms with Gasteiger partial charge in [0.15, 0.2) is 9.84 Å². The molecule has 402 valence electrons. The molecule has 4 atom stereocenters. The van der Waals surface area contributed by atoms with Gasteiger partial charge in [-0.25, -0.2) is 26.0 Å². The van der Waals surface area contributed by atoms with Crippen molar-refractivity contribution in [2.24, 2.45) is 0 Å². The molecule has 3 amide bonds. The van der Waals surface area contributed by atoms with Crippen LogP contribution >= 0.6 is 11.8 Å². The van der Waals surface area contributed by atoms with Crippen molar-refractivity contribution in [3.63, 3.8) is 0 Å². The Labute approximate surface area is 460 Å². The van der Waals surface area contributed by atoms with Crippen LogP contribution in [0, 0.1) is 0 Å². The lowest BCUT2D eigenvalue weighted by Crippen LogP contribution is -2.72. The van der Waals surface area contributed by atoms with Crippen LogP contribution in [-0.2, 0) is 58.4 Å². The van der Waals surface area contributed by atoms with Gasteiger partial charge in [0.2, 0.25) is 21.8 Å². The SMILES string of the molecule is CN(Cc1ccc(OCC2=C(C(=O)O)N3C(=O)[C@@H](NC(=O)[C@@H]4N5C(=O)C[C@H]5S(=O)(=O)C4(C)C)C3SC2)cc1)S(=O)(=O)c1ccccc1-c1c2ccc(N3CCc4ccccc43)cc2[o+]c2cc(N3CCc4ccccc43)ccc12. The van der Waals surface area contributed by atoms with Crippen molar-refractivity contribution in [2.45, 2.75) is 72.1 Å². The molecule has 3 saturated heterocycles. The molecule has 7 heterocycles. The van der Waals surface area contributed by atoms with Crippen LogP contribution in [0.25, 0.3) is 33.1 Å². The second kappa shape index (κ2) is 18.7. The third-order valence-corrected chi connectivity index (χ3v) is 22.4. The van der Waals surface area contributed by atoms with Crippen LogP contribution in [0.5, 0.6) is 5.75 Å². The zero-order valence-corrected chi connectivity index (χ0v) is 45.6. The van der Waals surface area contributed by atoms with Gasteiger partial charge in [0.1, 0.15) is 40.9 Å². The summed E-state index contributed by atoms with van der Waals surface area (Å²) in [6, 6.07) is 40.4. The first-order valence-corrected chi connectivity index (χ1v) is 30.0. The van der Waals surface area contributed by atoms with E-state index in [1.54, 1.807) is 36.4 Å². The molecule has 17 nitrogen and oxygen atoms in total. The van der Waals surface area contributed by atoms with Crippen LogP contribution in [0.4, 0.5) is 22.7 Å². The largest absolute Gasteiger partial charge is 0.489 e. The molecule has 79 heavy (non-hydrogen) atoms. The number of amides is 3. The van der Waals surface area contributed by atoms with E-state index in [4.69, 9.17) is 9.15 Å². The lowest BCUT2D eigenvalue weighted by Gasteiger charge is -2.50. The van der Waals surface area contributed by atoms with Gasteiger partial charge in [-0.1, -0.05) is 66.7 Å². The van der Waals surface area contributed by atoms with Crippen LogP contribution in [-0.4, -0.2) is 120 Å². The third kappa shape index (κ3) is 7.99. The summed E-state index contributed by atoms with van der Waals surface area (Å²) in [5, 5.41) is 12.6. The van der Waals surface area contributed by atoms with E-state index in [-0.39, 0.29) is 35.9 Å². The molecule has 0 spiro atoms. The van der Waals surface area contributed by atoms with Gasteiger partial charge in [-0.15, -0.1) is 11.8 Å². The van der Waals surface area contributed by atoms with E-state index in [1.807, 2.05) is 36.4 Å². The summed E-state index contributed by atoms with van der Waals surface area (Å²) < 4.78 is 68.8. The lowest BCUT2D eigenvalue weighted by atomic mass is 9.96. The number of benzene rings is 6. The number of carboxylic acid groups (broad SMARTS) is 1. The summed E-state index contributed by atoms with van der Waals surface area (Å²) in [5.74, 6) is -2.79. The molecule has 0 radical (unpaired) electrons. The Hall–Kier alpha value is -7.78. The molecule has 6 aliphatic rings. The molecule has 6 aliphatic heterocycles. The van der Waals surface area contributed by atoms with Crippen LogP contribution in [0.1, 0.15) is 37.0 Å². The predicted molar refractivity (Wildman–Crippen MR) is 300 cm³/mol. The lowest BCUT2D eigenvalue weighted by molar-refractivity contribution is -0.154. The van der Waals surface area contributed by atoms with E-state index >= 15 is 0 Å². The van der Waals surface area contributed by atoms with Gasteiger partial charge in [0.25, 0.3) is 5.91 Å². The maximum atomic E-state index is 14.9. The van der Waals surface area contributed by atoms with E-state index in [9.17, 15) is 41.1 Å². The molecule has 7 aromatic rings. The number of anilines is 4. The molecule has 0 saturated carbocycles. The minimum Gasteiger partial charge on any atom is -0.489 e. The average Bonchev–Trinajstić information content (AvgIpc) is 4.34. The third-order valence-electron chi connectivity index (χ3n) is 16.4. The Kier molecular flexibility index (Phi) is 12.0. The normalized spacial score (nSPS) is 21.7. The number of sulfone groups is 1. The predicted octanol–water partition coefficient (Wildman–Crippen LogP) is 7.99. The summed E-state index contributed by atoms with van der Waals surface area (Å²) >= 11 is 1.23. The van der Waals surface area contributed by atoms with E-state index in [0.717, 1.165) is 74.8 Å². The molecule has 3 fully saturated rings. The Balaban J connectivity index is 0.740. The maximum absolute atomic E-state index is 14.9. The monoisotopic (exact) mass is 1120 g/mol. The minimum atomic E-state index is -4.15. The molecular weight excluding hydrogens is 1060 g/mol. The number of β-lactam (4-membered cyclic amide) rings is 2. The van der Waals surface area contributed by atoms with E-state index in [2.05, 4.69) is 75.8 Å². The highest BCUT2D eigenvalue weighted by Crippen LogP contribution is 2.48. The van der Waals surface area contributed by atoms with Crippen molar-refractivity contribution in [3.8, 4) is 16.9 Å². The fourth-order valence-electron chi connectivity index (χ4n) is 12.3.